The van der Waals surface area contributed by atoms with Crippen LogP contribution in [0.25, 0.3) is 0 Å². The van der Waals surface area contributed by atoms with Crippen LogP contribution in [0.1, 0.15) is 49.0 Å². The minimum absolute atomic E-state index is 0.0463. The van der Waals surface area contributed by atoms with Crippen LogP contribution in [0.5, 0.6) is 0 Å². The number of piperazine rings is 1. The number of guanidine groups is 1. The van der Waals surface area contributed by atoms with Gasteiger partial charge in [-0.05, 0) is 19.1 Å². The Labute approximate surface area is 176 Å². The highest BCUT2D eigenvalue weighted by atomic mass is 32.1. The van der Waals surface area contributed by atoms with Crippen LogP contribution in [0.2, 0.25) is 0 Å². The van der Waals surface area contributed by atoms with Crippen LogP contribution < -0.4 is 5.32 Å². The zero-order valence-corrected chi connectivity index (χ0v) is 18.6. The Kier molecular flexibility index (Phi) is 6.95. The highest BCUT2D eigenvalue weighted by Gasteiger charge is 2.25. The topological polar surface area (TPSA) is 74.0 Å². The van der Waals surface area contributed by atoms with Crippen molar-refractivity contribution < 1.29 is 9.21 Å². The molecule has 1 saturated heterocycles. The maximum atomic E-state index is 12.4. The number of aliphatic imine (C=N–C) groups is 1. The first-order valence-corrected chi connectivity index (χ1v) is 11.1. The van der Waals surface area contributed by atoms with E-state index in [-0.39, 0.29) is 11.3 Å². The molecule has 0 saturated carbocycles. The molecule has 29 heavy (non-hydrogen) atoms. The van der Waals surface area contributed by atoms with Crippen molar-refractivity contribution in [1.29, 1.82) is 0 Å². The molecule has 1 fully saturated rings. The zero-order valence-electron chi connectivity index (χ0n) is 17.8. The number of aromatic nitrogens is 1. The Morgan fingerprint density at radius 3 is 2.59 bits per heavy atom. The molecule has 2 aromatic heterocycles. The van der Waals surface area contributed by atoms with Crippen LogP contribution in [0.4, 0.5) is 0 Å². The van der Waals surface area contributed by atoms with Crippen LogP contribution in [-0.2, 0) is 11.8 Å². The van der Waals surface area contributed by atoms with Crippen molar-refractivity contribution in [2.75, 3.05) is 39.3 Å². The Morgan fingerprint density at radius 1 is 1.28 bits per heavy atom. The normalized spacial score (nSPS) is 15.7. The summed E-state index contributed by atoms with van der Waals surface area (Å²) < 4.78 is 5.23. The lowest BCUT2D eigenvalue weighted by atomic mass is 9.93. The molecule has 3 rings (SSSR count). The van der Waals surface area contributed by atoms with Gasteiger partial charge < -0.3 is 19.5 Å². The quantitative estimate of drug-likeness (QED) is 0.598. The number of rotatable bonds is 5. The second-order valence-corrected chi connectivity index (χ2v) is 9.06. The third-order valence-electron chi connectivity index (χ3n) is 4.84. The third-order valence-corrected chi connectivity index (χ3v) is 5.75. The summed E-state index contributed by atoms with van der Waals surface area (Å²) in [5.74, 6) is 1.26. The molecule has 0 unspecified atom stereocenters. The van der Waals surface area contributed by atoms with E-state index >= 15 is 0 Å². The van der Waals surface area contributed by atoms with E-state index in [9.17, 15) is 4.79 Å². The molecule has 1 aliphatic rings. The van der Waals surface area contributed by atoms with Gasteiger partial charge in [-0.3, -0.25) is 9.79 Å². The number of thiazole rings is 1. The van der Waals surface area contributed by atoms with Crippen molar-refractivity contribution in [2.45, 2.75) is 39.5 Å². The number of hydrogen-bond donors (Lipinski definition) is 1. The van der Waals surface area contributed by atoms with Crippen LogP contribution >= 0.6 is 11.3 Å². The van der Waals surface area contributed by atoms with Gasteiger partial charge in [0.1, 0.15) is 0 Å². The van der Waals surface area contributed by atoms with E-state index in [1.54, 1.807) is 23.5 Å². The highest BCUT2D eigenvalue weighted by molar-refractivity contribution is 7.09. The maximum Gasteiger partial charge on any atom is 0.289 e. The molecule has 1 N–H and O–H groups in total. The molecule has 1 aliphatic heterocycles. The maximum absolute atomic E-state index is 12.4. The molecular formula is C21H31N5O2S. The van der Waals surface area contributed by atoms with Gasteiger partial charge in [0.15, 0.2) is 11.7 Å². The van der Waals surface area contributed by atoms with Gasteiger partial charge in [0, 0.05) is 56.5 Å². The Morgan fingerprint density at radius 2 is 2.00 bits per heavy atom. The number of amides is 1. The molecular weight excluding hydrogens is 386 g/mol. The Balaban J connectivity index is 1.54. The number of hydrogen-bond acceptors (Lipinski definition) is 5. The summed E-state index contributed by atoms with van der Waals surface area (Å²) in [6.07, 6.45) is 2.37. The summed E-state index contributed by atoms with van der Waals surface area (Å²) in [5, 5.41) is 6.66. The highest BCUT2D eigenvalue weighted by Crippen LogP contribution is 2.24. The molecule has 0 atom stereocenters. The van der Waals surface area contributed by atoms with Crippen LogP contribution in [0.3, 0.4) is 0 Å². The Hall–Kier alpha value is -2.35. The first-order valence-electron chi connectivity index (χ1n) is 10.2. The van der Waals surface area contributed by atoms with Crippen LogP contribution in [0.15, 0.2) is 33.2 Å². The second-order valence-electron chi connectivity index (χ2n) is 8.12. The molecule has 0 aliphatic carbocycles. The molecule has 0 bridgehead atoms. The van der Waals surface area contributed by atoms with Crippen molar-refractivity contribution >= 4 is 23.2 Å². The summed E-state index contributed by atoms with van der Waals surface area (Å²) in [5.41, 5.74) is 1.23. The van der Waals surface area contributed by atoms with Gasteiger partial charge in [-0.25, -0.2) is 4.98 Å². The van der Waals surface area contributed by atoms with Crippen molar-refractivity contribution in [1.82, 2.24) is 20.1 Å². The van der Waals surface area contributed by atoms with Gasteiger partial charge in [-0.15, -0.1) is 11.3 Å². The van der Waals surface area contributed by atoms with Crippen LogP contribution in [0, 0.1) is 0 Å². The van der Waals surface area contributed by atoms with E-state index in [0.717, 1.165) is 42.7 Å². The molecule has 2 aromatic rings. The number of furan rings is 1. The average molecular weight is 418 g/mol. The Bertz CT molecular complexity index is 814. The summed E-state index contributed by atoms with van der Waals surface area (Å²) in [4.78, 5) is 26.0. The predicted octanol–water partition coefficient (Wildman–Crippen LogP) is 3.00. The number of nitrogens with one attached hydrogen (secondary N) is 1. The molecule has 1 amide bonds. The summed E-state index contributed by atoms with van der Waals surface area (Å²) in [7, 11) is 0. The van der Waals surface area contributed by atoms with Crippen molar-refractivity contribution in [3.8, 4) is 0 Å². The van der Waals surface area contributed by atoms with E-state index in [1.807, 2.05) is 4.90 Å². The predicted molar refractivity (Wildman–Crippen MR) is 117 cm³/mol. The van der Waals surface area contributed by atoms with E-state index in [4.69, 9.17) is 14.4 Å². The lowest BCUT2D eigenvalue weighted by Gasteiger charge is -2.36. The van der Waals surface area contributed by atoms with Gasteiger partial charge >= 0.3 is 0 Å². The molecule has 7 nitrogen and oxygen atoms in total. The standard InChI is InChI=1S/C21H31N5O2S/c1-5-22-20(23-9-8-18-24-17(15-29-18)21(2,3)4)26-12-10-25(11-13-26)19(27)16-7-6-14-28-16/h6-7,14-15H,5,8-13H2,1-4H3,(H,22,23). The summed E-state index contributed by atoms with van der Waals surface area (Å²) in [6.45, 7) is 13.0. The lowest BCUT2D eigenvalue weighted by molar-refractivity contribution is 0.0657. The van der Waals surface area contributed by atoms with Gasteiger partial charge in [-0.1, -0.05) is 20.8 Å². The van der Waals surface area contributed by atoms with Gasteiger partial charge in [0.25, 0.3) is 5.91 Å². The van der Waals surface area contributed by atoms with Gasteiger partial charge in [0.2, 0.25) is 0 Å². The minimum Gasteiger partial charge on any atom is -0.459 e. The van der Waals surface area contributed by atoms with E-state index in [1.165, 1.54) is 6.26 Å². The summed E-state index contributed by atoms with van der Waals surface area (Å²) >= 11 is 1.71. The first-order chi connectivity index (χ1) is 13.9. The summed E-state index contributed by atoms with van der Waals surface area (Å²) in [6, 6.07) is 3.45. The molecule has 158 valence electrons. The van der Waals surface area contributed by atoms with E-state index in [2.05, 4.69) is 43.3 Å². The van der Waals surface area contributed by atoms with Crippen molar-refractivity contribution in [3.05, 3.63) is 40.2 Å². The molecule has 8 heteroatoms. The largest absolute Gasteiger partial charge is 0.459 e. The SMILES string of the molecule is CCNC(=NCCc1nc(C(C)(C)C)cs1)N1CCN(C(=O)c2ccco2)CC1. The number of carbonyl (C=O) groups excluding carboxylic acids is 1. The monoisotopic (exact) mass is 417 g/mol. The van der Waals surface area contributed by atoms with Crippen LogP contribution in [-0.4, -0.2) is 65.9 Å². The average Bonchev–Trinajstić information content (AvgIpc) is 3.39. The fourth-order valence-electron chi connectivity index (χ4n) is 3.13. The molecule has 0 spiro atoms. The third kappa shape index (κ3) is 5.59. The van der Waals surface area contributed by atoms with Crippen molar-refractivity contribution in [3.63, 3.8) is 0 Å². The first kappa shape index (κ1) is 21.4. The smallest absolute Gasteiger partial charge is 0.289 e. The van der Waals surface area contributed by atoms with Gasteiger partial charge in [-0.2, -0.15) is 0 Å². The lowest BCUT2D eigenvalue weighted by Crippen LogP contribution is -2.53. The molecule has 3 heterocycles. The fraction of sp³-hybridized carbons (Fsp3) is 0.571. The van der Waals surface area contributed by atoms with E-state index in [0.29, 0.717) is 25.4 Å². The second kappa shape index (κ2) is 9.43. The zero-order chi connectivity index (χ0) is 20.9. The number of nitrogens with zero attached hydrogens (tertiary/aromatic N) is 4. The van der Waals surface area contributed by atoms with Gasteiger partial charge in [0.05, 0.1) is 17.0 Å². The van der Waals surface area contributed by atoms with E-state index < -0.39 is 0 Å². The number of carbonyl (C=O) groups is 1. The molecule has 0 radical (unpaired) electrons. The van der Waals surface area contributed by atoms with Crippen molar-refractivity contribution in [2.24, 2.45) is 4.99 Å². The minimum atomic E-state index is -0.0463. The fourth-order valence-corrected chi connectivity index (χ4v) is 4.15. The molecule has 0 aromatic carbocycles.